The maximum atomic E-state index is 10.1. The first-order valence-corrected chi connectivity index (χ1v) is 5.53. The molecule has 2 N–H and O–H groups in total. The molecule has 0 spiro atoms. The van der Waals surface area contributed by atoms with Gasteiger partial charge in [0.25, 0.3) is 0 Å². The van der Waals surface area contributed by atoms with Crippen LogP contribution in [0.3, 0.4) is 0 Å². The van der Waals surface area contributed by atoms with E-state index in [2.05, 4.69) is 12.2 Å². The number of methoxy groups -OCH3 is 1. The summed E-state index contributed by atoms with van der Waals surface area (Å²) in [5.74, 6) is 1.26. The number of phenols is 2. The molecule has 2 unspecified atom stereocenters. The Hall–Kier alpha value is -1.64. The third kappa shape index (κ3) is 1.08. The van der Waals surface area contributed by atoms with Gasteiger partial charge in [0.05, 0.1) is 7.11 Å². The van der Waals surface area contributed by atoms with Crippen LogP contribution in [-0.4, -0.2) is 17.3 Å². The SMILES string of the molecule is COc1cc(O)c2c(c1O)C1C=CC2CC1. The van der Waals surface area contributed by atoms with Gasteiger partial charge in [0, 0.05) is 29.0 Å². The summed E-state index contributed by atoms with van der Waals surface area (Å²) in [5.41, 5.74) is 1.74. The molecule has 0 saturated carbocycles. The van der Waals surface area contributed by atoms with Gasteiger partial charge in [0.1, 0.15) is 5.75 Å². The van der Waals surface area contributed by atoms with Gasteiger partial charge >= 0.3 is 0 Å². The Labute approximate surface area is 94.0 Å². The van der Waals surface area contributed by atoms with Crippen molar-refractivity contribution in [3.63, 3.8) is 0 Å². The molecule has 4 rings (SSSR count). The standard InChI is InChI=1S/C13H14O3/c1-16-10-6-9(14)11-7-2-4-8(5-3-7)12(11)13(10)15/h2,4,6-8,14-15H,3,5H2,1H3. The van der Waals surface area contributed by atoms with Crippen molar-refractivity contribution in [1.82, 2.24) is 0 Å². The minimum absolute atomic E-state index is 0.189. The third-order valence-electron chi connectivity index (χ3n) is 3.65. The van der Waals surface area contributed by atoms with Gasteiger partial charge in [-0.25, -0.2) is 0 Å². The van der Waals surface area contributed by atoms with Crippen LogP contribution in [0.5, 0.6) is 17.2 Å². The topological polar surface area (TPSA) is 49.7 Å². The van der Waals surface area contributed by atoms with E-state index in [4.69, 9.17) is 4.74 Å². The fraction of sp³-hybridized carbons (Fsp3) is 0.385. The lowest BCUT2D eigenvalue weighted by Gasteiger charge is -2.34. The molecule has 0 fully saturated rings. The van der Waals surface area contributed by atoms with Gasteiger partial charge in [-0.2, -0.15) is 0 Å². The van der Waals surface area contributed by atoms with E-state index in [1.54, 1.807) is 0 Å². The zero-order chi connectivity index (χ0) is 11.3. The molecule has 3 nitrogen and oxygen atoms in total. The molecule has 3 aliphatic rings. The number of hydrogen-bond donors (Lipinski definition) is 2. The molecule has 0 aromatic heterocycles. The minimum atomic E-state index is 0.189. The summed E-state index contributed by atoms with van der Waals surface area (Å²) in [4.78, 5) is 0. The van der Waals surface area contributed by atoms with Crippen molar-refractivity contribution < 1.29 is 14.9 Å². The van der Waals surface area contributed by atoms with Crippen molar-refractivity contribution in [3.05, 3.63) is 29.3 Å². The number of benzene rings is 1. The van der Waals surface area contributed by atoms with E-state index in [0.29, 0.717) is 5.75 Å². The molecular formula is C13H14O3. The highest BCUT2D eigenvalue weighted by Crippen LogP contribution is 2.54. The van der Waals surface area contributed by atoms with Gasteiger partial charge in [-0.3, -0.25) is 0 Å². The number of rotatable bonds is 1. The Bertz CT molecular complexity index is 477. The van der Waals surface area contributed by atoms with E-state index in [9.17, 15) is 10.2 Å². The molecule has 0 saturated heterocycles. The maximum Gasteiger partial charge on any atom is 0.164 e. The average molecular weight is 218 g/mol. The van der Waals surface area contributed by atoms with Crippen molar-refractivity contribution in [1.29, 1.82) is 0 Å². The van der Waals surface area contributed by atoms with E-state index >= 15 is 0 Å². The Morgan fingerprint density at radius 2 is 1.75 bits per heavy atom. The molecule has 2 bridgehead atoms. The van der Waals surface area contributed by atoms with E-state index in [1.165, 1.54) is 13.2 Å². The van der Waals surface area contributed by atoms with Gasteiger partial charge < -0.3 is 14.9 Å². The monoisotopic (exact) mass is 218 g/mol. The lowest BCUT2D eigenvalue weighted by Crippen LogP contribution is -2.17. The Morgan fingerprint density at radius 1 is 1.12 bits per heavy atom. The van der Waals surface area contributed by atoms with Crippen LogP contribution in [0, 0.1) is 0 Å². The minimum Gasteiger partial charge on any atom is -0.507 e. The molecule has 2 atom stereocenters. The molecule has 84 valence electrons. The number of allylic oxidation sites excluding steroid dienone is 2. The fourth-order valence-corrected chi connectivity index (χ4v) is 2.89. The van der Waals surface area contributed by atoms with Crippen LogP contribution in [0.4, 0.5) is 0 Å². The van der Waals surface area contributed by atoms with Gasteiger partial charge in [-0.1, -0.05) is 12.2 Å². The number of aromatic hydroxyl groups is 2. The van der Waals surface area contributed by atoms with E-state index in [0.717, 1.165) is 24.0 Å². The first-order chi connectivity index (χ1) is 7.72. The summed E-state index contributed by atoms with van der Waals surface area (Å²) in [7, 11) is 1.50. The van der Waals surface area contributed by atoms with E-state index < -0.39 is 0 Å². The van der Waals surface area contributed by atoms with Crippen LogP contribution in [0.1, 0.15) is 35.8 Å². The Morgan fingerprint density at radius 3 is 2.31 bits per heavy atom. The molecule has 16 heavy (non-hydrogen) atoms. The van der Waals surface area contributed by atoms with Crippen LogP contribution in [0.15, 0.2) is 18.2 Å². The molecule has 3 aliphatic carbocycles. The van der Waals surface area contributed by atoms with Crippen LogP contribution < -0.4 is 4.74 Å². The molecule has 0 amide bonds. The van der Waals surface area contributed by atoms with Crippen LogP contribution >= 0.6 is 0 Å². The fourth-order valence-electron chi connectivity index (χ4n) is 2.89. The Balaban J connectivity index is 2.29. The molecule has 3 heteroatoms. The summed E-state index contributed by atoms with van der Waals surface area (Å²) in [6.45, 7) is 0. The van der Waals surface area contributed by atoms with Crippen molar-refractivity contribution in [2.45, 2.75) is 24.7 Å². The van der Waals surface area contributed by atoms with Crippen LogP contribution in [-0.2, 0) is 0 Å². The number of fused-ring (bicyclic) bond motifs is 1. The lowest BCUT2D eigenvalue weighted by molar-refractivity contribution is 0.356. The van der Waals surface area contributed by atoms with Gasteiger partial charge in [0.2, 0.25) is 0 Å². The second-order valence-electron chi connectivity index (χ2n) is 4.45. The van der Waals surface area contributed by atoms with Gasteiger partial charge in [0.15, 0.2) is 11.5 Å². The molecule has 1 aromatic rings. The average Bonchev–Trinajstić information content (AvgIpc) is 2.34. The van der Waals surface area contributed by atoms with Crippen molar-refractivity contribution in [2.24, 2.45) is 0 Å². The van der Waals surface area contributed by atoms with Crippen LogP contribution in [0.2, 0.25) is 0 Å². The molecule has 0 radical (unpaired) electrons. The number of hydrogen-bond acceptors (Lipinski definition) is 3. The second-order valence-corrected chi connectivity index (χ2v) is 4.45. The summed E-state index contributed by atoms with van der Waals surface area (Å²) in [6, 6.07) is 1.50. The number of ether oxygens (including phenoxy) is 1. The third-order valence-corrected chi connectivity index (χ3v) is 3.65. The quantitative estimate of drug-likeness (QED) is 0.562. The largest absolute Gasteiger partial charge is 0.507 e. The summed E-state index contributed by atoms with van der Waals surface area (Å²) in [5, 5.41) is 20.1. The molecule has 0 aliphatic heterocycles. The van der Waals surface area contributed by atoms with Crippen LogP contribution in [0.25, 0.3) is 0 Å². The smallest absolute Gasteiger partial charge is 0.164 e. The highest BCUT2D eigenvalue weighted by molar-refractivity contribution is 5.62. The zero-order valence-electron chi connectivity index (χ0n) is 9.10. The van der Waals surface area contributed by atoms with Gasteiger partial charge in [-0.15, -0.1) is 0 Å². The lowest BCUT2D eigenvalue weighted by atomic mass is 9.71. The second kappa shape index (κ2) is 3.17. The highest BCUT2D eigenvalue weighted by Gasteiger charge is 2.34. The first kappa shape index (κ1) is 9.58. The summed E-state index contributed by atoms with van der Waals surface area (Å²) in [6.07, 6.45) is 6.33. The normalized spacial score (nSPS) is 25.6. The Kier molecular flexibility index (Phi) is 1.90. The molecule has 1 aromatic carbocycles. The predicted molar refractivity (Wildman–Crippen MR) is 60.2 cm³/mol. The van der Waals surface area contributed by atoms with Gasteiger partial charge in [-0.05, 0) is 12.8 Å². The molecule has 0 heterocycles. The maximum absolute atomic E-state index is 10.1. The molecular weight excluding hydrogens is 204 g/mol. The van der Waals surface area contributed by atoms with Crippen molar-refractivity contribution in [2.75, 3.05) is 7.11 Å². The van der Waals surface area contributed by atoms with Crippen molar-refractivity contribution in [3.8, 4) is 17.2 Å². The number of phenolic OH excluding ortho intramolecular Hbond substituents is 2. The predicted octanol–water partition coefficient (Wildman–Crippen LogP) is 2.64. The zero-order valence-corrected chi connectivity index (χ0v) is 9.10. The summed E-state index contributed by atoms with van der Waals surface area (Å²) >= 11 is 0. The first-order valence-electron chi connectivity index (χ1n) is 5.53. The van der Waals surface area contributed by atoms with Crippen molar-refractivity contribution >= 4 is 0 Å². The van der Waals surface area contributed by atoms with E-state index in [1.807, 2.05) is 0 Å². The highest BCUT2D eigenvalue weighted by atomic mass is 16.5. The van der Waals surface area contributed by atoms with E-state index in [-0.39, 0.29) is 23.3 Å². The summed E-state index contributed by atoms with van der Waals surface area (Å²) < 4.78 is 5.07.